The van der Waals surface area contributed by atoms with E-state index in [1.807, 2.05) is 0 Å². The Balaban J connectivity index is 1.74. The third-order valence-electron chi connectivity index (χ3n) is 4.76. The first-order valence-electron chi connectivity index (χ1n) is 10.1. The van der Waals surface area contributed by atoms with Gasteiger partial charge in [-0.3, -0.25) is 14.4 Å². The van der Waals surface area contributed by atoms with Gasteiger partial charge in [-0.1, -0.05) is 60.1 Å². The van der Waals surface area contributed by atoms with Crippen LogP contribution in [0, 0.1) is 6.92 Å². The fraction of sp³-hybridized carbons (Fsp3) is 0.160. The summed E-state index contributed by atoms with van der Waals surface area (Å²) < 4.78 is 10.8. The molecule has 1 unspecified atom stereocenters. The zero-order chi connectivity index (χ0) is 23.8. The molecule has 3 aromatic rings. The molecule has 0 aliphatic heterocycles. The van der Waals surface area contributed by atoms with Crippen molar-refractivity contribution in [3.05, 3.63) is 94.5 Å². The molecule has 0 saturated carbocycles. The number of hydrogen-bond acceptors (Lipinski definition) is 5. The van der Waals surface area contributed by atoms with Gasteiger partial charge in [0.25, 0.3) is 11.8 Å². The summed E-state index contributed by atoms with van der Waals surface area (Å²) in [5.74, 6) is -1.40. The van der Waals surface area contributed by atoms with Crippen LogP contribution in [0.15, 0.2) is 72.8 Å². The van der Waals surface area contributed by atoms with Crippen molar-refractivity contribution >= 4 is 35.1 Å². The molecule has 0 bridgehead atoms. The van der Waals surface area contributed by atoms with Gasteiger partial charge in [0, 0.05) is 22.2 Å². The first-order valence-corrected chi connectivity index (χ1v) is 10.5. The van der Waals surface area contributed by atoms with Crippen LogP contribution in [-0.2, 0) is 14.3 Å². The van der Waals surface area contributed by atoms with Crippen molar-refractivity contribution in [3.8, 4) is 5.75 Å². The number of carbonyl (C=O) groups excluding carboxylic acids is 3. The van der Waals surface area contributed by atoms with E-state index in [1.165, 1.54) is 7.11 Å². The lowest BCUT2D eigenvalue weighted by Crippen LogP contribution is -2.33. The fourth-order valence-corrected chi connectivity index (χ4v) is 3.20. The van der Waals surface area contributed by atoms with Gasteiger partial charge in [-0.25, -0.2) is 0 Å². The van der Waals surface area contributed by atoms with E-state index in [4.69, 9.17) is 21.1 Å². The van der Waals surface area contributed by atoms with Crippen LogP contribution < -0.4 is 15.4 Å². The zero-order valence-electron chi connectivity index (χ0n) is 18.1. The Morgan fingerprint density at radius 2 is 1.61 bits per heavy atom. The Morgan fingerprint density at radius 1 is 0.970 bits per heavy atom. The number of aryl methyl sites for hydroxylation is 1. The quantitative estimate of drug-likeness (QED) is 0.482. The van der Waals surface area contributed by atoms with E-state index < -0.39 is 30.4 Å². The molecule has 0 heterocycles. The molecule has 3 rings (SSSR count). The van der Waals surface area contributed by atoms with Crippen LogP contribution in [0.5, 0.6) is 5.75 Å². The van der Waals surface area contributed by atoms with Crippen LogP contribution in [0.1, 0.15) is 27.6 Å². The number of benzene rings is 3. The number of halogens is 1. The van der Waals surface area contributed by atoms with Crippen molar-refractivity contribution in [2.75, 3.05) is 19.0 Å². The monoisotopic (exact) mass is 466 g/mol. The molecule has 33 heavy (non-hydrogen) atoms. The van der Waals surface area contributed by atoms with Crippen molar-refractivity contribution in [3.63, 3.8) is 0 Å². The van der Waals surface area contributed by atoms with Crippen molar-refractivity contribution in [2.24, 2.45) is 0 Å². The van der Waals surface area contributed by atoms with Crippen LogP contribution in [0.3, 0.4) is 0 Å². The van der Waals surface area contributed by atoms with Crippen LogP contribution in [0.4, 0.5) is 5.69 Å². The number of anilines is 1. The van der Waals surface area contributed by atoms with Gasteiger partial charge >= 0.3 is 5.97 Å². The standard InChI is InChI=1S/C25H23ClN2O5/c1-16-13-20(21(32-2)14-19(16)26)28-25(31)23(17-9-5-3-6-10-17)33-22(29)15-27-24(30)18-11-7-4-8-12-18/h3-14,23H,15H2,1-2H3,(H,27,30)(H,28,31). The zero-order valence-corrected chi connectivity index (χ0v) is 18.9. The summed E-state index contributed by atoms with van der Waals surface area (Å²) in [5, 5.41) is 5.72. The molecule has 3 aromatic carbocycles. The maximum atomic E-state index is 13.1. The highest BCUT2D eigenvalue weighted by atomic mass is 35.5. The van der Waals surface area contributed by atoms with Crippen LogP contribution in [0.2, 0.25) is 5.02 Å². The minimum absolute atomic E-state index is 0.368. The molecule has 2 N–H and O–H groups in total. The molecule has 8 heteroatoms. The van der Waals surface area contributed by atoms with Gasteiger partial charge in [0.05, 0.1) is 12.8 Å². The van der Waals surface area contributed by atoms with Gasteiger partial charge < -0.3 is 20.1 Å². The van der Waals surface area contributed by atoms with E-state index in [2.05, 4.69) is 10.6 Å². The molecule has 0 spiro atoms. The van der Waals surface area contributed by atoms with Crippen molar-refractivity contribution in [1.29, 1.82) is 0 Å². The van der Waals surface area contributed by atoms with E-state index in [0.29, 0.717) is 27.6 Å². The largest absolute Gasteiger partial charge is 0.495 e. The topological polar surface area (TPSA) is 93.7 Å². The molecule has 0 aliphatic carbocycles. The second-order valence-electron chi connectivity index (χ2n) is 7.12. The summed E-state index contributed by atoms with van der Waals surface area (Å²) in [6.07, 6.45) is -1.24. The van der Waals surface area contributed by atoms with Crippen molar-refractivity contribution < 1.29 is 23.9 Å². The van der Waals surface area contributed by atoms with Crippen molar-refractivity contribution in [1.82, 2.24) is 5.32 Å². The van der Waals surface area contributed by atoms with Gasteiger partial charge in [0.2, 0.25) is 6.10 Å². The van der Waals surface area contributed by atoms with Gasteiger partial charge in [-0.05, 0) is 30.7 Å². The lowest BCUT2D eigenvalue weighted by atomic mass is 10.1. The van der Waals surface area contributed by atoms with Crippen LogP contribution >= 0.6 is 11.6 Å². The van der Waals surface area contributed by atoms with E-state index in [9.17, 15) is 14.4 Å². The maximum absolute atomic E-state index is 13.1. The van der Waals surface area contributed by atoms with Gasteiger partial charge in [-0.15, -0.1) is 0 Å². The Morgan fingerprint density at radius 3 is 2.24 bits per heavy atom. The third kappa shape index (κ3) is 6.33. The Hall–Kier alpha value is -3.84. The highest BCUT2D eigenvalue weighted by molar-refractivity contribution is 6.31. The predicted octanol–water partition coefficient (Wildman–Crippen LogP) is 4.31. The number of esters is 1. The minimum atomic E-state index is -1.24. The van der Waals surface area contributed by atoms with Gasteiger partial charge in [0.1, 0.15) is 12.3 Å². The summed E-state index contributed by atoms with van der Waals surface area (Å²) in [4.78, 5) is 37.8. The summed E-state index contributed by atoms with van der Waals surface area (Å²) in [5.41, 5.74) is 2.01. The van der Waals surface area contributed by atoms with Gasteiger partial charge in [-0.2, -0.15) is 0 Å². The molecule has 7 nitrogen and oxygen atoms in total. The molecule has 170 valence electrons. The Kier molecular flexibility index (Phi) is 8.05. The lowest BCUT2D eigenvalue weighted by Gasteiger charge is -2.19. The number of nitrogens with one attached hydrogen (secondary N) is 2. The summed E-state index contributed by atoms with van der Waals surface area (Å²) in [7, 11) is 1.46. The first-order chi connectivity index (χ1) is 15.9. The lowest BCUT2D eigenvalue weighted by molar-refractivity contribution is -0.153. The second kappa shape index (κ2) is 11.2. The number of ether oxygens (including phenoxy) is 2. The molecule has 2 amide bonds. The Labute approximate surface area is 196 Å². The van der Waals surface area contributed by atoms with Crippen molar-refractivity contribution in [2.45, 2.75) is 13.0 Å². The molecular weight excluding hydrogens is 444 g/mol. The molecule has 0 fully saturated rings. The number of amides is 2. The molecule has 1 atom stereocenters. The Bertz CT molecular complexity index is 1140. The highest BCUT2D eigenvalue weighted by Crippen LogP contribution is 2.32. The number of methoxy groups -OCH3 is 1. The average molecular weight is 467 g/mol. The fourth-order valence-electron chi connectivity index (χ4n) is 3.05. The molecular formula is C25H23ClN2O5. The SMILES string of the molecule is COc1cc(Cl)c(C)cc1NC(=O)C(OC(=O)CNC(=O)c1ccccc1)c1ccccc1. The van der Waals surface area contributed by atoms with E-state index in [0.717, 1.165) is 5.56 Å². The molecule has 0 saturated heterocycles. The molecule has 0 aromatic heterocycles. The number of carbonyl (C=O) groups is 3. The van der Waals surface area contributed by atoms with Gasteiger partial charge in [0.15, 0.2) is 0 Å². The van der Waals surface area contributed by atoms with E-state index >= 15 is 0 Å². The first kappa shape index (κ1) is 23.8. The van der Waals surface area contributed by atoms with Crippen LogP contribution in [0.25, 0.3) is 0 Å². The normalized spacial score (nSPS) is 11.2. The molecule has 0 aliphatic rings. The molecule has 0 radical (unpaired) electrons. The highest BCUT2D eigenvalue weighted by Gasteiger charge is 2.26. The second-order valence-corrected chi connectivity index (χ2v) is 7.53. The average Bonchev–Trinajstić information content (AvgIpc) is 2.84. The third-order valence-corrected chi connectivity index (χ3v) is 5.16. The van der Waals surface area contributed by atoms with Crippen LogP contribution in [-0.4, -0.2) is 31.4 Å². The summed E-state index contributed by atoms with van der Waals surface area (Å²) >= 11 is 6.14. The minimum Gasteiger partial charge on any atom is -0.495 e. The van der Waals surface area contributed by atoms with E-state index in [1.54, 1.807) is 79.7 Å². The summed E-state index contributed by atoms with van der Waals surface area (Å²) in [6, 6.07) is 20.3. The number of rotatable bonds is 8. The smallest absolute Gasteiger partial charge is 0.326 e. The summed E-state index contributed by atoms with van der Waals surface area (Å²) in [6.45, 7) is 1.40. The van der Waals surface area contributed by atoms with E-state index in [-0.39, 0.29) is 0 Å². The predicted molar refractivity (Wildman–Crippen MR) is 125 cm³/mol. The maximum Gasteiger partial charge on any atom is 0.326 e. The number of hydrogen-bond donors (Lipinski definition) is 2.